The Morgan fingerprint density at radius 3 is 2.37 bits per heavy atom. The summed E-state index contributed by atoms with van der Waals surface area (Å²) in [6.45, 7) is 2.07. The number of halogens is 2. The summed E-state index contributed by atoms with van der Waals surface area (Å²) in [5, 5.41) is 4.63. The number of rotatable bonds is 4. The molecule has 4 heteroatoms. The fourth-order valence-corrected chi connectivity index (χ4v) is 2.75. The largest absolute Gasteiger partial charge is 0.378 e. The van der Waals surface area contributed by atoms with Crippen molar-refractivity contribution in [3.63, 3.8) is 0 Å². The third kappa shape index (κ3) is 3.59. The summed E-state index contributed by atoms with van der Waals surface area (Å²) in [5.41, 5.74) is 2.07. The lowest BCUT2D eigenvalue weighted by atomic mass is 10.1. The SMILES string of the molecule is CSc1ccc(NC(C)c2cccc(Cl)c2Cl)cc1. The molecule has 0 spiro atoms. The molecule has 0 fully saturated rings. The van der Waals surface area contributed by atoms with Crippen molar-refractivity contribution in [2.24, 2.45) is 0 Å². The molecule has 0 amide bonds. The van der Waals surface area contributed by atoms with Crippen LogP contribution in [0.4, 0.5) is 5.69 Å². The minimum atomic E-state index is 0.103. The lowest BCUT2D eigenvalue weighted by molar-refractivity contribution is 0.885. The first kappa shape index (κ1) is 14.6. The summed E-state index contributed by atoms with van der Waals surface area (Å²) >= 11 is 14.0. The molecule has 0 saturated carbocycles. The summed E-state index contributed by atoms with van der Waals surface area (Å²) in [6.07, 6.45) is 2.07. The van der Waals surface area contributed by atoms with Crippen LogP contribution >= 0.6 is 35.0 Å². The third-order valence-corrected chi connectivity index (χ3v) is 4.50. The van der Waals surface area contributed by atoms with E-state index in [0.29, 0.717) is 10.0 Å². The molecule has 1 N–H and O–H groups in total. The van der Waals surface area contributed by atoms with Gasteiger partial charge in [0.1, 0.15) is 0 Å². The van der Waals surface area contributed by atoms with Crippen molar-refractivity contribution in [2.45, 2.75) is 17.9 Å². The van der Waals surface area contributed by atoms with Gasteiger partial charge in [0, 0.05) is 10.6 Å². The molecule has 2 rings (SSSR count). The standard InChI is InChI=1S/C15H15Cl2NS/c1-10(13-4-3-5-14(16)15(13)17)18-11-6-8-12(19-2)9-7-11/h3-10,18H,1-2H3. The van der Waals surface area contributed by atoms with E-state index < -0.39 is 0 Å². The van der Waals surface area contributed by atoms with Crippen molar-refractivity contribution in [1.82, 2.24) is 0 Å². The Labute approximate surface area is 128 Å². The summed E-state index contributed by atoms with van der Waals surface area (Å²) in [6, 6.07) is 14.1. The average Bonchev–Trinajstić information content (AvgIpc) is 2.42. The van der Waals surface area contributed by atoms with Crippen molar-refractivity contribution < 1.29 is 0 Å². The molecular formula is C15H15Cl2NS. The molecule has 0 aromatic heterocycles. The molecule has 0 aliphatic carbocycles. The fraction of sp³-hybridized carbons (Fsp3) is 0.200. The first-order valence-corrected chi connectivity index (χ1v) is 7.94. The van der Waals surface area contributed by atoms with Gasteiger partial charge < -0.3 is 5.32 Å². The quantitative estimate of drug-likeness (QED) is 0.707. The smallest absolute Gasteiger partial charge is 0.0644 e. The summed E-state index contributed by atoms with van der Waals surface area (Å²) < 4.78 is 0. The number of thioether (sulfide) groups is 1. The van der Waals surface area contributed by atoms with Crippen LogP contribution in [0.5, 0.6) is 0 Å². The van der Waals surface area contributed by atoms with Crippen LogP contribution in [0, 0.1) is 0 Å². The first-order valence-electron chi connectivity index (χ1n) is 5.96. The minimum Gasteiger partial charge on any atom is -0.378 e. The molecule has 0 saturated heterocycles. The van der Waals surface area contributed by atoms with Crippen LogP contribution < -0.4 is 5.32 Å². The fourth-order valence-electron chi connectivity index (χ4n) is 1.87. The van der Waals surface area contributed by atoms with Gasteiger partial charge in [0.25, 0.3) is 0 Å². The zero-order chi connectivity index (χ0) is 13.8. The van der Waals surface area contributed by atoms with Crippen molar-refractivity contribution in [2.75, 3.05) is 11.6 Å². The first-order chi connectivity index (χ1) is 9.11. The zero-order valence-electron chi connectivity index (χ0n) is 10.8. The molecule has 2 aromatic carbocycles. The molecule has 1 atom stereocenters. The molecule has 1 nitrogen and oxygen atoms in total. The average molecular weight is 312 g/mol. The second kappa shape index (κ2) is 6.56. The van der Waals surface area contributed by atoms with Gasteiger partial charge >= 0.3 is 0 Å². The Morgan fingerprint density at radius 2 is 1.74 bits per heavy atom. The van der Waals surface area contributed by atoms with Gasteiger partial charge in [-0.1, -0.05) is 35.3 Å². The number of benzene rings is 2. The monoisotopic (exact) mass is 311 g/mol. The second-order valence-electron chi connectivity index (χ2n) is 4.24. The molecular weight excluding hydrogens is 297 g/mol. The van der Waals surface area contributed by atoms with E-state index in [1.165, 1.54) is 4.90 Å². The third-order valence-electron chi connectivity index (χ3n) is 2.92. The van der Waals surface area contributed by atoms with Crippen molar-refractivity contribution in [1.29, 1.82) is 0 Å². The topological polar surface area (TPSA) is 12.0 Å². The van der Waals surface area contributed by atoms with Gasteiger partial charge in [-0.15, -0.1) is 11.8 Å². The normalized spacial score (nSPS) is 12.2. The van der Waals surface area contributed by atoms with E-state index in [1.54, 1.807) is 17.8 Å². The van der Waals surface area contributed by atoms with E-state index in [0.717, 1.165) is 11.3 Å². The van der Waals surface area contributed by atoms with Crippen LogP contribution in [-0.2, 0) is 0 Å². The minimum absolute atomic E-state index is 0.103. The van der Waals surface area contributed by atoms with E-state index >= 15 is 0 Å². The summed E-state index contributed by atoms with van der Waals surface area (Å²) in [7, 11) is 0. The van der Waals surface area contributed by atoms with E-state index in [2.05, 4.69) is 42.8 Å². The Balaban J connectivity index is 2.15. The highest BCUT2D eigenvalue weighted by atomic mass is 35.5. The van der Waals surface area contributed by atoms with Crippen LogP contribution in [0.25, 0.3) is 0 Å². The highest BCUT2D eigenvalue weighted by Gasteiger charge is 2.11. The second-order valence-corrected chi connectivity index (χ2v) is 5.90. The molecule has 0 aliphatic rings. The van der Waals surface area contributed by atoms with E-state index in [1.807, 2.05) is 12.1 Å². The van der Waals surface area contributed by atoms with Gasteiger partial charge in [0.15, 0.2) is 0 Å². The van der Waals surface area contributed by atoms with Gasteiger partial charge in [0.2, 0.25) is 0 Å². The predicted octanol–water partition coefficient (Wildman–Crippen LogP) is 5.89. The van der Waals surface area contributed by atoms with E-state index in [4.69, 9.17) is 23.2 Å². The summed E-state index contributed by atoms with van der Waals surface area (Å²) in [5.74, 6) is 0. The Morgan fingerprint density at radius 1 is 1.05 bits per heavy atom. The Kier molecular flexibility index (Phi) is 5.03. The Hall–Kier alpha value is -0.830. The maximum absolute atomic E-state index is 6.23. The number of hydrogen-bond donors (Lipinski definition) is 1. The van der Waals surface area contributed by atoms with Crippen LogP contribution in [-0.4, -0.2) is 6.26 Å². The van der Waals surface area contributed by atoms with Crippen LogP contribution in [0.1, 0.15) is 18.5 Å². The molecule has 0 aliphatic heterocycles. The van der Waals surface area contributed by atoms with Crippen LogP contribution in [0.2, 0.25) is 10.0 Å². The lowest BCUT2D eigenvalue weighted by Crippen LogP contribution is -2.07. The molecule has 2 aromatic rings. The zero-order valence-corrected chi connectivity index (χ0v) is 13.1. The molecule has 19 heavy (non-hydrogen) atoms. The van der Waals surface area contributed by atoms with Gasteiger partial charge in [-0.3, -0.25) is 0 Å². The molecule has 100 valence electrons. The van der Waals surface area contributed by atoms with Crippen LogP contribution in [0.15, 0.2) is 47.4 Å². The highest BCUT2D eigenvalue weighted by molar-refractivity contribution is 7.98. The van der Waals surface area contributed by atoms with Gasteiger partial charge in [-0.25, -0.2) is 0 Å². The molecule has 1 unspecified atom stereocenters. The van der Waals surface area contributed by atoms with Gasteiger partial charge in [-0.2, -0.15) is 0 Å². The predicted molar refractivity (Wildman–Crippen MR) is 86.7 cm³/mol. The van der Waals surface area contributed by atoms with Crippen molar-refractivity contribution >= 4 is 40.7 Å². The van der Waals surface area contributed by atoms with E-state index in [-0.39, 0.29) is 6.04 Å². The number of anilines is 1. The highest BCUT2D eigenvalue weighted by Crippen LogP contribution is 2.31. The lowest BCUT2D eigenvalue weighted by Gasteiger charge is -2.17. The molecule has 0 bridgehead atoms. The Bertz CT molecular complexity index is 555. The van der Waals surface area contributed by atoms with Crippen molar-refractivity contribution in [3.8, 4) is 0 Å². The van der Waals surface area contributed by atoms with Crippen molar-refractivity contribution in [3.05, 3.63) is 58.1 Å². The maximum atomic E-state index is 6.23. The van der Waals surface area contributed by atoms with Crippen LogP contribution in [0.3, 0.4) is 0 Å². The maximum Gasteiger partial charge on any atom is 0.0644 e. The van der Waals surface area contributed by atoms with Gasteiger partial charge in [0.05, 0.1) is 16.1 Å². The van der Waals surface area contributed by atoms with E-state index in [9.17, 15) is 0 Å². The van der Waals surface area contributed by atoms with Gasteiger partial charge in [-0.05, 0) is 49.1 Å². The number of nitrogens with one attached hydrogen (secondary N) is 1. The number of hydrogen-bond acceptors (Lipinski definition) is 2. The summed E-state index contributed by atoms with van der Waals surface area (Å²) in [4.78, 5) is 1.25. The molecule has 0 heterocycles. The molecule has 0 radical (unpaired) electrons.